The Labute approximate surface area is 175 Å². The summed E-state index contributed by atoms with van der Waals surface area (Å²) in [6, 6.07) is 12.8. The summed E-state index contributed by atoms with van der Waals surface area (Å²) in [4.78, 5) is 20.7. The number of benzene rings is 1. The van der Waals surface area contributed by atoms with Crippen LogP contribution >= 0.6 is 0 Å². The first-order valence-corrected chi connectivity index (χ1v) is 10.2. The van der Waals surface area contributed by atoms with Crippen LogP contribution < -0.4 is 10.1 Å². The first-order chi connectivity index (χ1) is 14.5. The van der Waals surface area contributed by atoms with Gasteiger partial charge in [-0.1, -0.05) is 18.2 Å². The van der Waals surface area contributed by atoms with Gasteiger partial charge in [-0.3, -0.25) is 4.79 Å². The number of aryl methyl sites for hydroxylation is 1. The van der Waals surface area contributed by atoms with Crippen LogP contribution in [0.3, 0.4) is 0 Å². The monoisotopic (exact) mass is 405 g/mol. The number of hydrogen-bond acceptors (Lipinski definition) is 4. The zero-order valence-electron chi connectivity index (χ0n) is 17.1. The Hall–Kier alpha value is -3.28. The Morgan fingerprint density at radius 3 is 2.70 bits per heavy atom. The van der Waals surface area contributed by atoms with E-state index in [1.54, 1.807) is 24.3 Å². The molecule has 6 heteroatoms. The van der Waals surface area contributed by atoms with E-state index in [4.69, 9.17) is 4.74 Å². The molecule has 0 saturated heterocycles. The molecule has 5 nitrogen and oxygen atoms in total. The number of ether oxygens (including phenoxy) is 1. The van der Waals surface area contributed by atoms with Gasteiger partial charge >= 0.3 is 0 Å². The zero-order valence-corrected chi connectivity index (χ0v) is 17.1. The predicted molar refractivity (Wildman–Crippen MR) is 113 cm³/mol. The number of carbonyl (C=O) groups excluding carboxylic acids is 1. The fourth-order valence-corrected chi connectivity index (χ4v) is 3.85. The van der Waals surface area contributed by atoms with Crippen LogP contribution in [0.15, 0.2) is 54.9 Å². The van der Waals surface area contributed by atoms with E-state index in [1.165, 1.54) is 18.0 Å². The highest BCUT2D eigenvalue weighted by molar-refractivity contribution is 5.94. The second-order valence-electron chi connectivity index (χ2n) is 7.75. The number of pyridine rings is 2. The number of halogens is 1. The van der Waals surface area contributed by atoms with E-state index in [0.717, 1.165) is 24.0 Å². The Morgan fingerprint density at radius 2 is 1.97 bits per heavy atom. The first kappa shape index (κ1) is 20.0. The summed E-state index contributed by atoms with van der Waals surface area (Å²) in [6.45, 7) is 3.85. The summed E-state index contributed by atoms with van der Waals surface area (Å²) in [5, 5.41) is 3.10. The number of nitrogens with one attached hydrogen (secondary N) is 1. The van der Waals surface area contributed by atoms with Gasteiger partial charge < -0.3 is 10.1 Å². The van der Waals surface area contributed by atoms with Crippen molar-refractivity contribution in [3.63, 3.8) is 0 Å². The summed E-state index contributed by atoms with van der Waals surface area (Å²) in [5.74, 6) is -0.153. The van der Waals surface area contributed by atoms with Crippen LogP contribution in [0, 0.1) is 5.95 Å². The number of hydrogen-bond donors (Lipinski definition) is 1. The number of carbonyl (C=O) groups is 1. The lowest BCUT2D eigenvalue weighted by molar-refractivity contribution is 0.0933. The van der Waals surface area contributed by atoms with E-state index in [2.05, 4.69) is 21.4 Å². The Morgan fingerprint density at radius 1 is 1.13 bits per heavy atom. The maximum atomic E-state index is 14.3. The van der Waals surface area contributed by atoms with Crippen molar-refractivity contribution in [3.05, 3.63) is 77.5 Å². The average Bonchev–Trinajstić information content (AvgIpc) is 2.74. The van der Waals surface area contributed by atoms with Gasteiger partial charge in [-0.25, -0.2) is 9.97 Å². The van der Waals surface area contributed by atoms with E-state index >= 15 is 0 Å². The molecule has 0 fully saturated rings. The van der Waals surface area contributed by atoms with E-state index < -0.39 is 5.95 Å². The summed E-state index contributed by atoms with van der Waals surface area (Å²) in [5.41, 5.74) is 4.08. The molecular formula is C24H24FN3O2. The van der Waals surface area contributed by atoms with Crippen molar-refractivity contribution in [1.82, 2.24) is 15.3 Å². The van der Waals surface area contributed by atoms with Gasteiger partial charge in [0.2, 0.25) is 11.8 Å². The molecule has 0 radical (unpaired) electrons. The Balaban J connectivity index is 1.51. The Bertz CT molecular complexity index is 1050. The Kier molecular flexibility index (Phi) is 5.74. The normalized spacial score (nSPS) is 15.5. The topological polar surface area (TPSA) is 64.1 Å². The minimum Gasteiger partial charge on any atom is -0.475 e. The van der Waals surface area contributed by atoms with Crippen LogP contribution in [0.4, 0.5) is 4.39 Å². The number of aromatic nitrogens is 2. The molecule has 1 aromatic carbocycles. The quantitative estimate of drug-likeness (QED) is 0.641. The summed E-state index contributed by atoms with van der Waals surface area (Å²) < 4.78 is 19.8. The van der Waals surface area contributed by atoms with Gasteiger partial charge in [0.15, 0.2) is 0 Å². The molecule has 1 amide bonds. The number of nitrogens with zero attached hydrogens (tertiary/aromatic N) is 2. The van der Waals surface area contributed by atoms with Crippen LogP contribution in [0.5, 0.6) is 5.88 Å². The molecule has 1 N–H and O–H groups in total. The SMILES string of the molecule is CC(C)Oc1ccc(C(=O)N[C@@H]2CCc3cccc(-c4cccnc4F)c3C2)cn1. The molecule has 1 atom stereocenters. The van der Waals surface area contributed by atoms with Gasteiger partial charge in [0.25, 0.3) is 5.91 Å². The third kappa shape index (κ3) is 4.32. The van der Waals surface area contributed by atoms with E-state index in [9.17, 15) is 9.18 Å². The molecule has 2 heterocycles. The van der Waals surface area contributed by atoms with Crippen LogP contribution in [0.2, 0.25) is 0 Å². The largest absolute Gasteiger partial charge is 0.475 e. The lowest BCUT2D eigenvalue weighted by Crippen LogP contribution is -2.39. The molecule has 2 aromatic heterocycles. The lowest BCUT2D eigenvalue weighted by Gasteiger charge is -2.27. The fraction of sp³-hybridized carbons (Fsp3) is 0.292. The summed E-state index contributed by atoms with van der Waals surface area (Å²) in [7, 11) is 0. The van der Waals surface area contributed by atoms with E-state index in [-0.39, 0.29) is 18.1 Å². The van der Waals surface area contributed by atoms with Crippen molar-refractivity contribution in [2.24, 2.45) is 0 Å². The zero-order chi connectivity index (χ0) is 21.1. The highest BCUT2D eigenvalue weighted by Crippen LogP contribution is 2.32. The highest BCUT2D eigenvalue weighted by atomic mass is 19.1. The minimum absolute atomic E-state index is 0.0262. The maximum Gasteiger partial charge on any atom is 0.253 e. The van der Waals surface area contributed by atoms with Crippen molar-refractivity contribution in [2.75, 3.05) is 0 Å². The molecule has 30 heavy (non-hydrogen) atoms. The molecule has 0 spiro atoms. The lowest BCUT2D eigenvalue weighted by atomic mass is 9.83. The van der Waals surface area contributed by atoms with Crippen molar-refractivity contribution < 1.29 is 13.9 Å². The molecule has 4 rings (SSSR count). The molecule has 1 aliphatic carbocycles. The van der Waals surface area contributed by atoms with Gasteiger partial charge in [0, 0.05) is 30.1 Å². The van der Waals surface area contributed by atoms with Crippen molar-refractivity contribution in [1.29, 1.82) is 0 Å². The third-order valence-electron chi connectivity index (χ3n) is 5.23. The molecule has 0 aliphatic heterocycles. The third-order valence-corrected chi connectivity index (χ3v) is 5.23. The van der Waals surface area contributed by atoms with E-state index in [1.807, 2.05) is 26.0 Å². The van der Waals surface area contributed by atoms with Gasteiger partial charge in [0.1, 0.15) is 0 Å². The molecule has 3 aromatic rings. The average molecular weight is 405 g/mol. The minimum atomic E-state index is -0.480. The van der Waals surface area contributed by atoms with Crippen LogP contribution in [0.25, 0.3) is 11.1 Å². The van der Waals surface area contributed by atoms with Crippen LogP contribution in [0.1, 0.15) is 41.8 Å². The number of fused-ring (bicyclic) bond motifs is 1. The molecule has 0 saturated carbocycles. The van der Waals surface area contributed by atoms with Gasteiger partial charge in [0.05, 0.1) is 11.7 Å². The van der Waals surface area contributed by atoms with Crippen molar-refractivity contribution in [2.45, 2.75) is 45.3 Å². The number of amides is 1. The molecule has 1 aliphatic rings. The summed E-state index contributed by atoms with van der Waals surface area (Å²) >= 11 is 0. The number of rotatable bonds is 5. The molecule has 0 unspecified atom stereocenters. The van der Waals surface area contributed by atoms with Crippen molar-refractivity contribution >= 4 is 5.91 Å². The maximum absolute atomic E-state index is 14.3. The van der Waals surface area contributed by atoms with Crippen molar-refractivity contribution in [3.8, 4) is 17.0 Å². The fourth-order valence-electron chi connectivity index (χ4n) is 3.85. The first-order valence-electron chi connectivity index (χ1n) is 10.2. The molecular weight excluding hydrogens is 381 g/mol. The predicted octanol–water partition coefficient (Wildman–Crippen LogP) is 4.36. The van der Waals surface area contributed by atoms with Gasteiger partial charge in [-0.15, -0.1) is 0 Å². The second-order valence-corrected chi connectivity index (χ2v) is 7.75. The summed E-state index contributed by atoms with van der Waals surface area (Å²) in [6.07, 6.45) is 5.31. The highest BCUT2D eigenvalue weighted by Gasteiger charge is 2.24. The molecule has 0 bridgehead atoms. The van der Waals surface area contributed by atoms with Crippen LogP contribution in [-0.4, -0.2) is 28.0 Å². The van der Waals surface area contributed by atoms with Gasteiger partial charge in [-0.05, 0) is 68.0 Å². The van der Waals surface area contributed by atoms with Crippen LogP contribution in [-0.2, 0) is 12.8 Å². The van der Waals surface area contributed by atoms with Gasteiger partial charge in [-0.2, -0.15) is 4.39 Å². The molecule has 154 valence electrons. The van der Waals surface area contributed by atoms with E-state index in [0.29, 0.717) is 23.4 Å². The second kappa shape index (κ2) is 8.61. The smallest absolute Gasteiger partial charge is 0.253 e. The standard InChI is InChI=1S/C24H24FN3O2/c1-15(2)30-22-11-9-17(14-27-22)24(29)28-18-10-8-16-5-3-6-19(21(16)13-18)20-7-4-12-26-23(20)25/h3-7,9,11-12,14-15,18H,8,10,13H2,1-2H3,(H,28,29)/t18-/m1/s1.